The summed E-state index contributed by atoms with van der Waals surface area (Å²) in [7, 11) is 0. The molecule has 0 aromatic carbocycles. The van der Waals surface area contributed by atoms with Crippen molar-refractivity contribution in [2.24, 2.45) is 11.7 Å². The van der Waals surface area contributed by atoms with Gasteiger partial charge in [0.15, 0.2) is 6.19 Å². The van der Waals surface area contributed by atoms with Crippen LogP contribution in [0.25, 0.3) is 0 Å². The first-order valence-corrected chi connectivity index (χ1v) is 4.08. The zero-order chi connectivity index (χ0) is 9.40. The molecular weight excluding hydrogens is 154 g/mol. The van der Waals surface area contributed by atoms with Crippen LogP contribution in [-0.4, -0.2) is 12.5 Å². The van der Waals surface area contributed by atoms with Crippen molar-refractivity contribution >= 4 is 5.91 Å². The van der Waals surface area contributed by atoms with Crippen LogP contribution in [0.15, 0.2) is 0 Å². The van der Waals surface area contributed by atoms with Crippen molar-refractivity contribution in [1.29, 1.82) is 5.26 Å². The quantitative estimate of drug-likeness (QED) is 0.460. The number of rotatable bonds is 5. The Labute approximate surface area is 72.7 Å². The number of nitrogens with one attached hydrogen (secondary N) is 1. The third-order valence-corrected chi connectivity index (χ3v) is 1.72. The highest BCUT2D eigenvalue weighted by molar-refractivity contribution is 5.77. The standard InChI is InChI=1S/C8H15N3O/c1-7(4-5-9)2-3-8(12)11-6-10/h7H,2-5,9H2,1H3,(H,11,12). The van der Waals surface area contributed by atoms with Gasteiger partial charge in [-0.25, -0.2) is 0 Å². The maximum absolute atomic E-state index is 10.8. The predicted octanol–water partition coefficient (Wildman–Crippen LogP) is 0.349. The lowest BCUT2D eigenvalue weighted by molar-refractivity contribution is -0.120. The Morgan fingerprint density at radius 3 is 2.83 bits per heavy atom. The number of carbonyl (C=O) groups excluding carboxylic acids is 1. The van der Waals surface area contributed by atoms with Crippen LogP contribution in [0.4, 0.5) is 0 Å². The molecule has 0 saturated heterocycles. The summed E-state index contributed by atoms with van der Waals surface area (Å²) in [5.41, 5.74) is 5.34. The highest BCUT2D eigenvalue weighted by Gasteiger charge is 2.04. The average molecular weight is 169 g/mol. The van der Waals surface area contributed by atoms with Crippen LogP contribution >= 0.6 is 0 Å². The van der Waals surface area contributed by atoms with Crippen molar-refractivity contribution in [3.63, 3.8) is 0 Å². The summed E-state index contributed by atoms with van der Waals surface area (Å²) in [5.74, 6) is 0.251. The summed E-state index contributed by atoms with van der Waals surface area (Å²) in [4.78, 5) is 10.8. The number of amides is 1. The monoisotopic (exact) mass is 169 g/mol. The fourth-order valence-corrected chi connectivity index (χ4v) is 0.931. The number of carbonyl (C=O) groups is 1. The van der Waals surface area contributed by atoms with Crippen LogP contribution in [0.1, 0.15) is 26.2 Å². The molecule has 0 aliphatic heterocycles. The van der Waals surface area contributed by atoms with E-state index in [1.165, 1.54) is 0 Å². The molecule has 0 aliphatic carbocycles. The van der Waals surface area contributed by atoms with Crippen molar-refractivity contribution in [1.82, 2.24) is 5.32 Å². The summed E-state index contributed by atoms with van der Waals surface area (Å²) in [6.07, 6.45) is 3.74. The molecular formula is C8H15N3O. The van der Waals surface area contributed by atoms with Gasteiger partial charge < -0.3 is 5.73 Å². The van der Waals surface area contributed by atoms with Crippen LogP contribution in [0.5, 0.6) is 0 Å². The number of hydrogen-bond acceptors (Lipinski definition) is 3. The average Bonchev–Trinajstić information content (AvgIpc) is 2.02. The molecule has 0 bridgehead atoms. The van der Waals surface area contributed by atoms with Gasteiger partial charge in [0.05, 0.1) is 0 Å². The molecule has 0 rings (SSSR count). The fourth-order valence-electron chi connectivity index (χ4n) is 0.931. The fraction of sp³-hybridized carbons (Fsp3) is 0.750. The molecule has 68 valence electrons. The van der Waals surface area contributed by atoms with E-state index in [1.54, 1.807) is 6.19 Å². The van der Waals surface area contributed by atoms with E-state index in [-0.39, 0.29) is 5.91 Å². The number of nitrogens with two attached hydrogens (primary N) is 1. The normalized spacial score (nSPS) is 11.8. The van der Waals surface area contributed by atoms with E-state index in [9.17, 15) is 4.79 Å². The summed E-state index contributed by atoms with van der Waals surface area (Å²) < 4.78 is 0. The first-order valence-electron chi connectivity index (χ1n) is 4.08. The summed E-state index contributed by atoms with van der Waals surface area (Å²) in [6.45, 7) is 2.70. The first-order chi connectivity index (χ1) is 5.70. The number of nitriles is 1. The highest BCUT2D eigenvalue weighted by Crippen LogP contribution is 2.08. The van der Waals surface area contributed by atoms with Crippen molar-refractivity contribution < 1.29 is 4.79 Å². The smallest absolute Gasteiger partial charge is 0.232 e. The molecule has 3 N–H and O–H groups in total. The van der Waals surface area contributed by atoms with Crippen LogP contribution in [0, 0.1) is 17.4 Å². The molecule has 0 heterocycles. The zero-order valence-electron chi connectivity index (χ0n) is 7.34. The molecule has 0 spiro atoms. The molecule has 1 unspecified atom stereocenters. The van der Waals surface area contributed by atoms with E-state index in [0.717, 1.165) is 12.8 Å². The van der Waals surface area contributed by atoms with E-state index < -0.39 is 0 Å². The van der Waals surface area contributed by atoms with Crippen molar-refractivity contribution in [3.8, 4) is 6.19 Å². The van der Waals surface area contributed by atoms with Crippen LogP contribution < -0.4 is 11.1 Å². The van der Waals surface area contributed by atoms with Gasteiger partial charge in [0.25, 0.3) is 0 Å². The second kappa shape index (κ2) is 6.62. The Kier molecular flexibility index (Phi) is 6.02. The SMILES string of the molecule is CC(CCN)CCC(=O)NC#N. The van der Waals surface area contributed by atoms with E-state index >= 15 is 0 Å². The molecule has 0 aliphatic rings. The molecule has 4 heteroatoms. The maximum atomic E-state index is 10.8. The molecule has 0 aromatic rings. The lowest BCUT2D eigenvalue weighted by Crippen LogP contribution is -2.18. The third kappa shape index (κ3) is 5.69. The number of nitrogens with zero attached hydrogens (tertiary/aromatic N) is 1. The molecule has 0 fully saturated rings. The van der Waals surface area contributed by atoms with Crippen molar-refractivity contribution in [2.45, 2.75) is 26.2 Å². The molecule has 1 amide bonds. The van der Waals surface area contributed by atoms with E-state index in [0.29, 0.717) is 18.9 Å². The Bertz CT molecular complexity index is 174. The van der Waals surface area contributed by atoms with Gasteiger partial charge in [-0.3, -0.25) is 10.1 Å². The number of hydrogen-bond donors (Lipinski definition) is 2. The molecule has 0 aromatic heterocycles. The Morgan fingerprint density at radius 2 is 2.33 bits per heavy atom. The molecule has 0 saturated carbocycles. The molecule has 4 nitrogen and oxygen atoms in total. The van der Waals surface area contributed by atoms with Crippen molar-refractivity contribution in [3.05, 3.63) is 0 Å². The lowest BCUT2D eigenvalue weighted by Gasteiger charge is -2.07. The maximum Gasteiger partial charge on any atom is 0.232 e. The minimum atomic E-state index is -0.207. The van der Waals surface area contributed by atoms with E-state index in [2.05, 4.69) is 5.32 Å². The molecule has 12 heavy (non-hydrogen) atoms. The van der Waals surface area contributed by atoms with E-state index in [4.69, 9.17) is 11.0 Å². The van der Waals surface area contributed by atoms with Gasteiger partial charge in [-0.15, -0.1) is 0 Å². The largest absolute Gasteiger partial charge is 0.330 e. The minimum absolute atomic E-state index is 0.207. The highest BCUT2D eigenvalue weighted by atomic mass is 16.1. The van der Waals surface area contributed by atoms with Crippen LogP contribution in [0.2, 0.25) is 0 Å². The second-order valence-corrected chi connectivity index (χ2v) is 2.88. The van der Waals surface area contributed by atoms with Gasteiger partial charge in [-0.2, -0.15) is 5.26 Å². The minimum Gasteiger partial charge on any atom is -0.330 e. The van der Waals surface area contributed by atoms with Gasteiger partial charge in [-0.1, -0.05) is 6.92 Å². The lowest BCUT2D eigenvalue weighted by atomic mass is 10.0. The van der Waals surface area contributed by atoms with Gasteiger partial charge >= 0.3 is 0 Å². The molecule has 1 atom stereocenters. The molecule has 0 radical (unpaired) electrons. The van der Waals surface area contributed by atoms with Gasteiger partial charge in [0, 0.05) is 6.42 Å². The summed E-state index contributed by atoms with van der Waals surface area (Å²) in [6, 6.07) is 0. The van der Waals surface area contributed by atoms with Gasteiger partial charge in [-0.05, 0) is 25.3 Å². The van der Waals surface area contributed by atoms with Crippen molar-refractivity contribution in [2.75, 3.05) is 6.54 Å². The topological polar surface area (TPSA) is 78.9 Å². The Morgan fingerprint density at radius 1 is 1.67 bits per heavy atom. The zero-order valence-corrected chi connectivity index (χ0v) is 7.34. The Balaban J connectivity index is 3.41. The predicted molar refractivity (Wildman–Crippen MR) is 45.8 cm³/mol. The van der Waals surface area contributed by atoms with Gasteiger partial charge in [0.2, 0.25) is 5.91 Å². The van der Waals surface area contributed by atoms with E-state index in [1.807, 2.05) is 6.92 Å². The van der Waals surface area contributed by atoms with Crippen LogP contribution in [-0.2, 0) is 4.79 Å². The summed E-state index contributed by atoms with van der Waals surface area (Å²) in [5, 5.41) is 10.2. The Hall–Kier alpha value is -1.08. The van der Waals surface area contributed by atoms with Crippen LogP contribution in [0.3, 0.4) is 0 Å². The third-order valence-electron chi connectivity index (χ3n) is 1.72. The summed E-state index contributed by atoms with van der Waals surface area (Å²) >= 11 is 0. The second-order valence-electron chi connectivity index (χ2n) is 2.88. The first kappa shape index (κ1) is 10.9. The van der Waals surface area contributed by atoms with Gasteiger partial charge in [0.1, 0.15) is 0 Å².